The van der Waals surface area contributed by atoms with Gasteiger partial charge in [-0.15, -0.1) is 0 Å². The Hall–Kier alpha value is -6.17. The molecule has 0 aromatic heterocycles. The standard InChI is InChI=1S/C46H35N5/c1-30-13-11-12-20-34(29-30)46-41-26-24-38-44(32-16-7-3-8-17-32)36-22-21-35(47-36)43(31-14-5-2-6-15-31)37-23-25-39-45(33-18-9-4-10-19-33)40-27-28-42(46)50(40)51(48(37)39)49(38)41/h2-12,14-27,29,37,41H,13,28H2,1H3. The van der Waals surface area contributed by atoms with E-state index >= 15 is 0 Å². The van der Waals surface area contributed by atoms with Crippen LogP contribution in [0.1, 0.15) is 36.5 Å². The zero-order valence-corrected chi connectivity index (χ0v) is 28.3. The van der Waals surface area contributed by atoms with Gasteiger partial charge in [-0.3, -0.25) is 10.0 Å². The first-order chi connectivity index (χ1) is 25.2. The Labute approximate surface area is 298 Å². The maximum atomic E-state index is 5.50. The van der Waals surface area contributed by atoms with Gasteiger partial charge in [-0.2, -0.15) is 0 Å². The van der Waals surface area contributed by atoms with Crippen molar-refractivity contribution in [3.63, 3.8) is 0 Å². The molecule has 3 aromatic rings. The fourth-order valence-electron chi connectivity index (χ4n) is 8.95. The molecule has 0 saturated heterocycles. The van der Waals surface area contributed by atoms with Gasteiger partial charge in [-0.25, -0.2) is 10.0 Å². The molecule has 2 unspecified atom stereocenters. The molecule has 0 N–H and O–H groups in total. The van der Waals surface area contributed by atoms with Crippen LogP contribution in [0.4, 0.5) is 0 Å². The summed E-state index contributed by atoms with van der Waals surface area (Å²) in [6.45, 7) is 2.25. The van der Waals surface area contributed by atoms with E-state index in [0.29, 0.717) is 0 Å². The smallest absolute Gasteiger partial charge is 0.0954 e. The number of rotatable bonds is 4. The van der Waals surface area contributed by atoms with Crippen molar-refractivity contribution in [2.75, 3.05) is 0 Å². The summed E-state index contributed by atoms with van der Waals surface area (Å²) in [4.78, 5) is 5.50. The van der Waals surface area contributed by atoms with E-state index in [1.165, 1.54) is 56.1 Å². The van der Waals surface area contributed by atoms with Gasteiger partial charge in [0, 0.05) is 34.4 Å². The first kappa shape index (κ1) is 28.6. The van der Waals surface area contributed by atoms with Crippen LogP contribution in [-0.4, -0.2) is 38.0 Å². The number of nitrogens with zero attached hydrogens (tertiary/aromatic N) is 5. The predicted octanol–water partition coefficient (Wildman–Crippen LogP) is 9.48. The van der Waals surface area contributed by atoms with Crippen LogP contribution in [0.3, 0.4) is 0 Å². The maximum absolute atomic E-state index is 5.50. The average molecular weight is 658 g/mol. The highest BCUT2D eigenvalue weighted by Gasteiger charge is 2.54. The molecule has 5 heteroatoms. The predicted molar refractivity (Wildman–Crippen MR) is 205 cm³/mol. The van der Waals surface area contributed by atoms with Crippen molar-refractivity contribution >= 4 is 22.4 Å². The molecule has 1 aliphatic carbocycles. The Balaban J connectivity index is 1.26. The zero-order valence-electron chi connectivity index (χ0n) is 28.3. The second-order valence-corrected chi connectivity index (χ2v) is 14.0. The lowest BCUT2D eigenvalue weighted by atomic mass is 9.92. The minimum atomic E-state index is -0.100. The maximum Gasteiger partial charge on any atom is 0.0954 e. The molecule has 8 aliphatic rings. The molecule has 0 radical (unpaired) electrons. The van der Waals surface area contributed by atoms with Gasteiger partial charge in [0.2, 0.25) is 0 Å². The monoisotopic (exact) mass is 657 g/mol. The van der Waals surface area contributed by atoms with Gasteiger partial charge in [0.25, 0.3) is 0 Å². The molecule has 3 aromatic carbocycles. The van der Waals surface area contributed by atoms with E-state index < -0.39 is 0 Å². The van der Waals surface area contributed by atoms with E-state index in [2.05, 4.69) is 185 Å². The van der Waals surface area contributed by atoms with Gasteiger partial charge in [-0.1, -0.05) is 139 Å². The first-order valence-electron chi connectivity index (χ1n) is 17.9. The van der Waals surface area contributed by atoms with Crippen LogP contribution >= 0.6 is 0 Å². The highest BCUT2D eigenvalue weighted by molar-refractivity contribution is 6.32. The summed E-state index contributed by atoms with van der Waals surface area (Å²) in [6.07, 6.45) is 27.4. The summed E-state index contributed by atoms with van der Waals surface area (Å²) in [5.74, 6) is 0. The van der Waals surface area contributed by atoms with Crippen LogP contribution < -0.4 is 0 Å². The quantitative estimate of drug-likeness (QED) is 0.279. The molecule has 0 spiro atoms. The number of allylic oxidation sites excluding steroid dienone is 12. The third kappa shape index (κ3) is 4.10. The lowest BCUT2D eigenvalue weighted by molar-refractivity contribution is -0.267. The largest absolute Gasteiger partial charge is 0.257 e. The third-order valence-electron chi connectivity index (χ3n) is 11.0. The van der Waals surface area contributed by atoms with E-state index in [-0.39, 0.29) is 12.1 Å². The minimum Gasteiger partial charge on any atom is -0.257 e. The van der Waals surface area contributed by atoms with Crippen molar-refractivity contribution in [1.82, 2.24) is 20.3 Å². The molecule has 7 aliphatic heterocycles. The van der Waals surface area contributed by atoms with Crippen molar-refractivity contribution in [3.8, 4) is 0 Å². The van der Waals surface area contributed by atoms with Crippen molar-refractivity contribution in [2.45, 2.75) is 31.8 Å². The summed E-state index contributed by atoms with van der Waals surface area (Å²) in [5.41, 5.74) is 18.0. The minimum absolute atomic E-state index is 0.0191. The zero-order chi connectivity index (χ0) is 33.6. The summed E-state index contributed by atoms with van der Waals surface area (Å²) in [7, 11) is 0. The molecular weight excluding hydrogens is 623 g/mol. The van der Waals surface area contributed by atoms with Gasteiger partial charge in [0.1, 0.15) is 0 Å². The number of hydrogen-bond acceptors (Lipinski definition) is 5. The number of hydrogen-bond donors (Lipinski definition) is 0. The van der Waals surface area contributed by atoms with Gasteiger partial charge < -0.3 is 0 Å². The molecule has 0 amide bonds. The van der Waals surface area contributed by atoms with Gasteiger partial charge in [0.15, 0.2) is 0 Å². The van der Waals surface area contributed by atoms with E-state index in [9.17, 15) is 0 Å². The number of hydrazine groups is 3. The summed E-state index contributed by atoms with van der Waals surface area (Å²) in [6, 6.07) is 32.4. The van der Waals surface area contributed by atoms with Crippen LogP contribution in [0.25, 0.3) is 16.7 Å². The van der Waals surface area contributed by atoms with Crippen molar-refractivity contribution in [2.24, 2.45) is 4.99 Å². The van der Waals surface area contributed by atoms with E-state index in [4.69, 9.17) is 4.99 Å². The van der Waals surface area contributed by atoms with Gasteiger partial charge in [0.05, 0.1) is 40.6 Å². The Morgan fingerprint density at radius 2 is 1.27 bits per heavy atom. The molecule has 244 valence electrons. The molecule has 2 atom stereocenters. The van der Waals surface area contributed by atoms with Gasteiger partial charge >= 0.3 is 0 Å². The Morgan fingerprint density at radius 1 is 0.647 bits per heavy atom. The summed E-state index contributed by atoms with van der Waals surface area (Å²) >= 11 is 0. The fourth-order valence-corrected chi connectivity index (χ4v) is 8.95. The summed E-state index contributed by atoms with van der Waals surface area (Å²) < 4.78 is 0. The highest BCUT2D eigenvalue weighted by Crippen LogP contribution is 2.56. The molecule has 7 heterocycles. The van der Waals surface area contributed by atoms with Crippen LogP contribution in [-0.2, 0) is 0 Å². The van der Waals surface area contributed by atoms with Crippen molar-refractivity contribution < 1.29 is 0 Å². The number of fused-ring (bicyclic) bond motifs is 1. The lowest BCUT2D eigenvalue weighted by Gasteiger charge is -2.57. The molecule has 5 nitrogen and oxygen atoms in total. The van der Waals surface area contributed by atoms with Crippen LogP contribution in [0.15, 0.2) is 208 Å². The topological polar surface area (TPSA) is 25.3 Å². The molecule has 51 heavy (non-hydrogen) atoms. The van der Waals surface area contributed by atoms with Crippen LogP contribution in [0, 0.1) is 0 Å². The Bertz CT molecular complexity index is 2420. The Kier molecular flexibility index (Phi) is 6.13. The molecule has 2 bridgehead atoms. The Morgan fingerprint density at radius 3 is 1.98 bits per heavy atom. The molecular formula is C46H35N5. The molecule has 11 rings (SSSR count). The second kappa shape index (κ2) is 10.9. The number of aliphatic imine (C=N–C) groups is 1. The SMILES string of the molecule is CC1=CC(C2=C3CC=C4C(c5ccccc5)=C5C=CC6C(c7ccccc7)=C7C=CC(=N7)C(c7ccccc7)=C7C=CC2N7N(N43)N56)=CC=CC1. The lowest BCUT2D eigenvalue weighted by Crippen LogP contribution is -2.66. The van der Waals surface area contributed by atoms with E-state index in [1.54, 1.807) is 0 Å². The van der Waals surface area contributed by atoms with E-state index in [0.717, 1.165) is 41.1 Å². The normalized spacial score (nSPS) is 24.1. The second-order valence-electron chi connectivity index (χ2n) is 14.0. The fraction of sp³-hybridized carbons (Fsp3) is 0.109. The molecule has 0 saturated carbocycles. The van der Waals surface area contributed by atoms with Crippen molar-refractivity contribution in [3.05, 3.63) is 220 Å². The van der Waals surface area contributed by atoms with Crippen LogP contribution in [0.2, 0.25) is 0 Å². The summed E-state index contributed by atoms with van der Waals surface area (Å²) in [5, 5.41) is 10.1. The van der Waals surface area contributed by atoms with E-state index in [1.807, 2.05) is 0 Å². The number of benzene rings is 3. The molecule has 0 fully saturated rings. The first-order valence-corrected chi connectivity index (χ1v) is 17.9. The average Bonchev–Trinajstić information content (AvgIpc) is 3.97. The highest BCUT2D eigenvalue weighted by atomic mass is 16.1. The third-order valence-corrected chi connectivity index (χ3v) is 11.0. The van der Waals surface area contributed by atoms with Gasteiger partial charge in [-0.05, 0) is 65.1 Å². The van der Waals surface area contributed by atoms with Crippen molar-refractivity contribution in [1.29, 1.82) is 0 Å². The van der Waals surface area contributed by atoms with Crippen LogP contribution in [0.5, 0.6) is 0 Å².